The Bertz CT molecular complexity index is 887. The summed E-state index contributed by atoms with van der Waals surface area (Å²) in [7, 11) is -3.14. The molecule has 0 saturated heterocycles. The van der Waals surface area contributed by atoms with Gasteiger partial charge in [-0.1, -0.05) is 48.9 Å². The van der Waals surface area contributed by atoms with Gasteiger partial charge >= 0.3 is 0 Å². The number of rotatable bonds is 3. The molecule has 2 aromatic carbocycles. The van der Waals surface area contributed by atoms with Gasteiger partial charge in [-0.15, -0.1) is 0 Å². The van der Waals surface area contributed by atoms with Gasteiger partial charge in [0.05, 0.1) is 4.90 Å². The Balaban J connectivity index is 1.77. The fourth-order valence-corrected chi connectivity index (χ4v) is 4.78. The second-order valence-electron chi connectivity index (χ2n) is 7.33. The van der Waals surface area contributed by atoms with Gasteiger partial charge in [-0.2, -0.15) is 0 Å². The molecule has 1 spiro atoms. The molecule has 124 valence electrons. The fraction of sp³-hybridized carbons (Fsp3) is 0.333. The number of allylic oxidation sites excluding steroid dienone is 2. The van der Waals surface area contributed by atoms with Crippen molar-refractivity contribution in [3.8, 4) is 0 Å². The van der Waals surface area contributed by atoms with Crippen LogP contribution in [0.4, 0.5) is 0 Å². The summed E-state index contributed by atoms with van der Waals surface area (Å²) in [6.07, 6.45) is 7.50. The normalized spacial score (nSPS) is 19.5. The molecule has 0 aliphatic heterocycles. The van der Waals surface area contributed by atoms with Crippen molar-refractivity contribution in [3.05, 3.63) is 65.7 Å². The van der Waals surface area contributed by atoms with Gasteiger partial charge in [-0.3, -0.25) is 0 Å². The van der Waals surface area contributed by atoms with Crippen LogP contribution in [0, 0.1) is 5.41 Å². The standard InChI is InChI=1S/C21H22O2S/c1-24(22,23)18-10-8-17(9-11-18)20-15-21(12-5-13-21)14-19(20)16-6-3-2-4-7-16/h2-4,6-11H,5,12-15H2,1H3. The summed E-state index contributed by atoms with van der Waals surface area (Å²) in [4.78, 5) is 0.393. The third kappa shape index (κ3) is 2.71. The van der Waals surface area contributed by atoms with Crippen molar-refractivity contribution < 1.29 is 8.42 Å². The SMILES string of the molecule is CS(=O)(=O)c1ccc(C2=C(c3ccccc3)CC3(CCC3)C2)cc1. The molecule has 1 fully saturated rings. The summed E-state index contributed by atoms with van der Waals surface area (Å²) in [5, 5.41) is 0. The van der Waals surface area contributed by atoms with E-state index >= 15 is 0 Å². The highest BCUT2D eigenvalue weighted by Gasteiger charge is 2.43. The minimum atomic E-state index is -3.14. The Morgan fingerprint density at radius 2 is 1.33 bits per heavy atom. The van der Waals surface area contributed by atoms with Crippen molar-refractivity contribution in [2.45, 2.75) is 37.0 Å². The van der Waals surface area contributed by atoms with E-state index in [-0.39, 0.29) is 0 Å². The number of hydrogen-bond donors (Lipinski definition) is 0. The molecule has 0 amide bonds. The van der Waals surface area contributed by atoms with Crippen molar-refractivity contribution in [2.75, 3.05) is 6.26 Å². The van der Waals surface area contributed by atoms with Gasteiger partial charge in [0.25, 0.3) is 0 Å². The predicted octanol–water partition coefficient (Wildman–Crippen LogP) is 4.97. The smallest absolute Gasteiger partial charge is 0.175 e. The third-order valence-corrected chi connectivity index (χ3v) is 6.76. The van der Waals surface area contributed by atoms with Crippen LogP contribution in [0.15, 0.2) is 59.5 Å². The van der Waals surface area contributed by atoms with Gasteiger partial charge in [0.1, 0.15) is 0 Å². The molecule has 0 radical (unpaired) electrons. The molecule has 24 heavy (non-hydrogen) atoms. The average Bonchev–Trinajstić information content (AvgIpc) is 2.96. The summed E-state index contributed by atoms with van der Waals surface area (Å²) in [6.45, 7) is 0. The van der Waals surface area contributed by atoms with Crippen molar-refractivity contribution in [1.82, 2.24) is 0 Å². The van der Waals surface area contributed by atoms with E-state index in [1.54, 1.807) is 12.1 Å². The summed E-state index contributed by atoms with van der Waals surface area (Å²) >= 11 is 0. The van der Waals surface area contributed by atoms with E-state index in [4.69, 9.17) is 0 Å². The Morgan fingerprint density at radius 1 is 0.792 bits per heavy atom. The van der Waals surface area contributed by atoms with Crippen LogP contribution in [0.1, 0.15) is 43.2 Å². The van der Waals surface area contributed by atoms with E-state index < -0.39 is 9.84 Å². The highest BCUT2D eigenvalue weighted by Crippen LogP contribution is 2.59. The molecule has 0 aromatic heterocycles. The van der Waals surface area contributed by atoms with Crippen LogP contribution in [0.2, 0.25) is 0 Å². The van der Waals surface area contributed by atoms with Crippen LogP contribution in [0.25, 0.3) is 11.1 Å². The first kappa shape index (κ1) is 15.6. The number of hydrogen-bond acceptors (Lipinski definition) is 2. The van der Waals surface area contributed by atoms with E-state index in [0.717, 1.165) is 12.8 Å². The zero-order valence-corrected chi connectivity index (χ0v) is 14.8. The van der Waals surface area contributed by atoms with Gasteiger partial charge in [0, 0.05) is 6.26 Å². The molecule has 0 bridgehead atoms. The Morgan fingerprint density at radius 3 is 1.79 bits per heavy atom. The maximum absolute atomic E-state index is 11.7. The van der Waals surface area contributed by atoms with Crippen LogP contribution in [0.5, 0.6) is 0 Å². The molecule has 0 atom stereocenters. The molecule has 1 saturated carbocycles. The lowest BCUT2D eigenvalue weighted by Gasteiger charge is -2.39. The molecule has 2 aliphatic rings. The predicted molar refractivity (Wildman–Crippen MR) is 98.3 cm³/mol. The Kier molecular flexibility index (Phi) is 3.65. The number of benzene rings is 2. The van der Waals surface area contributed by atoms with Gasteiger partial charge in [0.2, 0.25) is 0 Å². The van der Waals surface area contributed by atoms with E-state index in [0.29, 0.717) is 10.3 Å². The van der Waals surface area contributed by atoms with Crippen LogP contribution >= 0.6 is 0 Å². The van der Waals surface area contributed by atoms with E-state index in [1.807, 2.05) is 12.1 Å². The fourth-order valence-electron chi connectivity index (χ4n) is 4.15. The summed E-state index contributed by atoms with van der Waals surface area (Å²) < 4.78 is 23.4. The molecule has 0 heterocycles. The van der Waals surface area contributed by atoms with Crippen LogP contribution in [-0.2, 0) is 9.84 Å². The summed E-state index contributed by atoms with van der Waals surface area (Å²) in [5.74, 6) is 0. The zero-order chi connectivity index (χ0) is 16.8. The van der Waals surface area contributed by atoms with Crippen LogP contribution in [0.3, 0.4) is 0 Å². The number of sulfone groups is 1. The van der Waals surface area contributed by atoms with Gasteiger partial charge < -0.3 is 0 Å². The lowest BCUT2D eigenvalue weighted by molar-refractivity contribution is 0.157. The Hall–Kier alpha value is -1.87. The lowest BCUT2D eigenvalue weighted by atomic mass is 9.66. The second kappa shape index (κ2) is 5.59. The average molecular weight is 338 g/mol. The molecule has 2 nitrogen and oxygen atoms in total. The third-order valence-electron chi connectivity index (χ3n) is 5.64. The van der Waals surface area contributed by atoms with Crippen molar-refractivity contribution in [1.29, 1.82) is 0 Å². The topological polar surface area (TPSA) is 34.1 Å². The van der Waals surface area contributed by atoms with E-state index in [1.165, 1.54) is 47.8 Å². The molecular weight excluding hydrogens is 316 g/mol. The maximum Gasteiger partial charge on any atom is 0.175 e. The van der Waals surface area contributed by atoms with Crippen LogP contribution < -0.4 is 0 Å². The monoisotopic (exact) mass is 338 g/mol. The van der Waals surface area contributed by atoms with Gasteiger partial charge in [-0.05, 0) is 65.5 Å². The lowest BCUT2D eigenvalue weighted by Crippen LogP contribution is -2.26. The largest absolute Gasteiger partial charge is 0.224 e. The summed E-state index contributed by atoms with van der Waals surface area (Å²) in [5.41, 5.74) is 5.78. The minimum Gasteiger partial charge on any atom is -0.224 e. The molecule has 0 unspecified atom stereocenters. The minimum absolute atomic E-state index is 0.393. The van der Waals surface area contributed by atoms with E-state index in [2.05, 4.69) is 30.3 Å². The zero-order valence-electron chi connectivity index (χ0n) is 14.0. The van der Waals surface area contributed by atoms with E-state index in [9.17, 15) is 8.42 Å². The van der Waals surface area contributed by atoms with Crippen LogP contribution in [-0.4, -0.2) is 14.7 Å². The van der Waals surface area contributed by atoms with Crippen molar-refractivity contribution >= 4 is 21.0 Å². The van der Waals surface area contributed by atoms with Crippen molar-refractivity contribution in [3.63, 3.8) is 0 Å². The first-order chi connectivity index (χ1) is 11.5. The van der Waals surface area contributed by atoms with Crippen molar-refractivity contribution in [2.24, 2.45) is 5.41 Å². The summed E-state index contributed by atoms with van der Waals surface area (Å²) in [6, 6.07) is 18.1. The molecule has 3 heteroatoms. The highest BCUT2D eigenvalue weighted by molar-refractivity contribution is 7.90. The first-order valence-electron chi connectivity index (χ1n) is 8.55. The first-order valence-corrected chi connectivity index (χ1v) is 10.4. The quantitative estimate of drug-likeness (QED) is 0.792. The second-order valence-corrected chi connectivity index (χ2v) is 9.34. The van der Waals surface area contributed by atoms with Gasteiger partial charge in [0.15, 0.2) is 9.84 Å². The molecule has 0 N–H and O–H groups in total. The molecule has 2 aromatic rings. The molecular formula is C21H22O2S. The Labute approximate surface area is 144 Å². The van der Waals surface area contributed by atoms with Gasteiger partial charge in [-0.25, -0.2) is 8.42 Å². The molecule has 2 aliphatic carbocycles. The highest BCUT2D eigenvalue weighted by atomic mass is 32.2. The maximum atomic E-state index is 11.7. The molecule has 4 rings (SSSR count).